The monoisotopic (exact) mass is 396 g/mol. The van der Waals surface area contributed by atoms with Gasteiger partial charge in [0.05, 0.1) is 25.6 Å². The largest absolute Gasteiger partial charge is 0.496 e. The van der Waals surface area contributed by atoms with E-state index >= 15 is 0 Å². The maximum Gasteiger partial charge on any atom is 0.311 e. The summed E-state index contributed by atoms with van der Waals surface area (Å²) in [5, 5.41) is 0. The number of carbonyl (C=O) groups excluding carboxylic acids is 2. The zero-order chi connectivity index (χ0) is 21.0. The molecule has 154 valence electrons. The van der Waals surface area contributed by atoms with Crippen LogP contribution in [0.2, 0.25) is 0 Å². The number of benzene rings is 2. The van der Waals surface area contributed by atoms with Gasteiger partial charge < -0.3 is 14.2 Å². The predicted molar refractivity (Wildman–Crippen MR) is 110 cm³/mol. The third-order valence-corrected chi connectivity index (χ3v) is 5.03. The molecule has 0 aliphatic carbocycles. The van der Waals surface area contributed by atoms with Crippen LogP contribution in [0.3, 0.4) is 0 Å². The molecule has 1 aliphatic rings. The molecule has 5 heteroatoms. The van der Waals surface area contributed by atoms with Crippen LogP contribution in [0.25, 0.3) is 0 Å². The van der Waals surface area contributed by atoms with Gasteiger partial charge in [-0.1, -0.05) is 42.5 Å². The minimum absolute atomic E-state index is 0.153. The van der Waals surface area contributed by atoms with Crippen LogP contribution in [0.1, 0.15) is 50.0 Å². The molecule has 0 saturated carbocycles. The average Bonchev–Trinajstić information content (AvgIpc) is 3.07. The number of hydrogen-bond acceptors (Lipinski definition) is 5. The van der Waals surface area contributed by atoms with Gasteiger partial charge in [0, 0.05) is 12.3 Å². The molecule has 2 aromatic carbocycles. The lowest BCUT2D eigenvalue weighted by Crippen LogP contribution is -2.26. The van der Waals surface area contributed by atoms with Crippen molar-refractivity contribution in [3.05, 3.63) is 65.2 Å². The lowest BCUT2D eigenvalue weighted by molar-refractivity contribution is -0.154. The Hall–Kier alpha value is -2.82. The lowest BCUT2D eigenvalue weighted by Gasteiger charge is -2.22. The molecule has 1 heterocycles. The highest BCUT2D eigenvalue weighted by Crippen LogP contribution is 2.38. The van der Waals surface area contributed by atoms with Gasteiger partial charge in [0.15, 0.2) is 0 Å². The fraction of sp³-hybridized carbons (Fsp3) is 0.417. The molecule has 0 aromatic heterocycles. The molecule has 0 unspecified atom stereocenters. The number of carbonyl (C=O) groups is 2. The van der Waals surface area contributed by atoms with Crippen molar-refractivity contribution in [1.29, 1.82) is 0 Å². The summed E-state index contributed by atoms with van der Waals surface area (Å²) in [5.41, 5.74) is 2.52. The van der Waals surface area contributed by atoms with Crippen LogP contribution in [0, 0.1) is 11.3 Å². The Bertz CT molecular complexity index is 867. The second kappa shape index (κ2) is 8.68. The highest BCUT2D eigenvalue weighted by atomic mass is 16.6. The van der Waals surface area contributed by atoms with E-state index in [9.17, 15) is 9.59 Å². The SMILES string of the molecule is COc1cc([C@H]2OC(=O)C[C@H]2COC(=O)C(C)(C)C)ccc1Cc1ccccc1. The van der Waals surface area contributed by atoms with Crippen molar-refractivity contribution in [2.24, 2.45) is 11.3 Å². The maximum atomic E-state index is 12.1. The molecule has 0 N–H and O–H groups in total. The first-order valence-corrected chi connectivity index (χ1v) is 9.85. The van der Waals surface area contributed by atoms with E-state index in [1.807, 2.05) is 36.4 Å². The first-order valence-electron chi connectivity index (χ1n) is 9.85. The van der Waals surface area contributed by atoms with Gasteiger partial charge in [0.25, 0.3) is 0 Å². The minimum Gasteiger partial charge on any atom is -0.496 e. The Morgan fingerprint density at radius 2 is 1.86 bits per heavy atom. The molecule has 3 rings (SSSR count). The molecule has 1 saturated heterocycles. The Labute approximate surface area is 172 Å². The summed E-state index contributed by atoms with van der Waals surface area (Å²) in [6.45, 7) is 5.57. The van der Waals surface area contributed by atoms with Crippen LogP contribution < -0.4 is 4.74 Å². The second-order valence-corrected chi connectivity index (χ2v) is 8.46. The molecule has 2 atom stereocenters. The van der Waals surface area contributed by atoms with Crippen LogP contribution >= 0.6 is 0 Å². The Balaban J connectivity index is 1.77. The van der Waals surface area contributed by atoms with Crippen molar-refractivity contribution in [3.63, 3.8) is 0 Å². The summed E-state index contributed by atoms with van der Waals surface area (Å²) in [5.74, 6) is -0.0243. The average molecular weight is 396 g/mol. The van der Waals surface area contributed by atoms with E-state index in [4.69, 9.17) is 14.2 Å². The van der Waals surface area contributed by atoms with Crippen LogP contribution in [0.15, 0.2) is 48.5 Å². The smallest absolute Gasteiger partial charge is 0.311 e. The Morgan fingerprint density at radius 1 is 1.14 bits per heavy atom. The van der Waals surface area contributed by atoms with E-state index < -0.39 is 11.5 Å². The molecule has 5 nitrogen and oxygen atoms in total. The highest BCUT2D eigenvalue weighted by molar-refractivity contribution is 5.76. The van der Waals surface area contributed by atoms with Crippen LogP contribution in [0.4, 0.5) is 0 Å². The quantitative estimate of drug-likeness (QED) is 0.674. The summed E-state index contributed by atoms with van der Waals surface area (Å²) in [6, 6.07) is 16.0. The highest BCUT2D eigenvalue weighted by Gasteiger charge is 2.38. The third kappa shape index (κ3) is 5.17. The summed E-state index contributed by atoms with van der Waals surface area (Å²) in [4.78, 5) is 24.0. The Morgan fingerprint density at radius 3 is 2.52 bits per heavy atom. The predicted octanol–water partition coefficient (Wildman–Crippen LogP) is 4.48. The van der Waals surface area contributed by atoms with Crippen molar-refractivity contribution in [2.45, 2.75) is 39.7 Å². The normalized spacial score (nSPS) is 19.0. The van der Waals surface area contributed by atoms with E-state index in [2.05, 4.69) is 12.1 Å². The van der Waals surface area contributed by atoms with Gasteiger partial charge in [-0.15, -0.1) is 0 Å². The molecule has 0 bridgehead atoms. The van der Waals surface area contributed by atoms with Crippen molar-refractivity contribution in [2.75, 3.05) is 13.7 Å². The van der Waals surface area contributed by atoms with Crippen LogP contribution in [-0.2, 0) is 25.5 Å². The zero-order valence-electron chi connectivity index (χ0n) is 17.4. The van der Waals surface area contributed by atoms with Crippen molar-refractivity contribution in [1.82, 2.24) is 0 Å². The van der Waals surface area contributed by atoms with Gasteiger partial charge in [0.1, 0.15) is 11.9 Å². The van der Waals surface area contributed by atoms with E-state index in [1.165, 1.54) is 5.56 Å². The van der Waals surface area contributed by atoms with Crippen molar-refractivity contribution in [3.8, 4) is 5.75 Å². The first-order chi connectivity index (χ1) is 13.8. The Kier molecular flexibility index (Phi) is 6.26. The van der Waals surface area contributed by atoms with E-state index in [0.717, 1.165) is 23.3 Å². The second-order valence-electron chi connectivity index (χ2n) is 8.46. The van der Waals surface area contributed by atoms with Gasteiger partial charge in [0.2, 0.25) is 0 Å². The van der Waals surface area contributed by atoms with Crippen LogP contribution in [0.5, 0.6) is 5.75 Å². The van der Waals surface area contributed by atoms with Gasteiger partial charge >= 0.3 is 11.9 Å². The molecule has 1 fully saturated rings. The zero-order valence-corrected chi connectivity index (χ0v) is 17.4. The van der Waals surface area contributed by atoms with Gasteiger partial charge in [-0.2, -0.15) is 0 Å². The fourth-order valence-corrected chi connectivity index (χ4v) is 3.39. The van der Waals surface area contributed by atoms with E-state index in [1.54, 1.807) is 27.9 Å². The van der Waals surface area contributed by atoms with Gasteiger partial charge in [-0.05, 0) is 43.5 Å². The number of ether oxygens (including phenoxy) is 3. The molecule has 0 radical (unpaired) electrons. The minimum atomic E-state index is -0.582. The molecule has 0 amide bonds. The van der Waals surface area contributed by atoms with E-state index in [0.29, 0.717) is 0 Å². The maximum absolute atomic E-state index is 12.1. The molecular weight excluding hydrogens is 368 g/mol. The molecule has 1 aliphatic heterocycles. The number of hydrogen-bond donors (Lipinski definition) is 0. The third-order valence-electron chi connectivity index (χ3n) is 5.03. The lowest BCUT2D eigenvalue weighted by atomic mass is 9.93. The van der Waals surface area contributed by atoms with Crippen LogP contribution in [-0.4, -0.2) is 25.7 Å². The summed E-state index contributed by atoms with van der Waals surface area (Å²) >= 11 is 0. The van der Waals surface area contributed by atoms with Crippen molar-refractivity contribution < 1.29 is 23.8 Å². The molecular formula is C24H28O5. The standard InChI is InChI=1S/C24H28O5/c1-24(2,3)23(26)28-15-19-14-21(25)29-22(19)18-11-10-17(20(13-18)27-4)12-16-8-6-5-7-9-16/h5-11,13,19,22H,12,14-15H2,1-4H3/t19-,22+/m0/s1. The number of rotatable bonds is 6. The first kappa shape index (κ1) is 20.9. The number of methoxy groups -OCH3 is 1. The number of esters is 2. The van der Waals surface area contributed by atoms with E-state index in [-0.39, 0.29) is 30.9 Å². The fourth-order valence-electron chi connectivity index (χ4n) is 3.39. The number of cyclic esters (lactones) is 1. The topological polar surface area (TPSA) is 61.8 Å². The summed E-state index contributed by atoms with van der Waals surface area (Å²) in [7, 11) is 1.64. The molecule has 0 spiro atoms. The van der Waals surface area contributed by atoms with Gasteiger partial charge in [-0.3, -0.25) is 9.59 Å². The summed E-state index contributed by atoms with van der Waals surface area (Å²) in [6.07, 6.45) is 0.535. The molecule has 29 heavy (non-hydrogen) atoms. The van der Waals surface area contributed by atoms with Crippen molar-refractivity contribution >= 4 is 11.9 Å². The molecule has 2 aromatic rings. The summed E-state index contributed by atoms with van der Waals surface area (Å²) < 4.78 is 16.6. The van der Waals surface area contributed by atoms with Gasteiger partial charge in [-0.25, -0.2) is 0 Å².